The minimum Gasteiger partial charge on any atom is -0.457 e. The van der Waals surface area contributed by atoms with Gasteiger partial charge in [0.05, 0.1) is 12.5 Å². The number of carbonyl (C=O) groups is 2. The van der Waals surface area contributed by atoms with Crippen molar-refractivity contribution in [1.29, 1.82) is 0 Å². The molecule has 0 unspecified atom stereocenters. The summed E-state index contributed by atoms with van der Waals surface area (Å²) in [5, 5.41) is 5.17. The average molecular weight is 393 g/mol. The van der Waals surface area contributed by atoms with Crippen molar-refractivity contribution in [3.63, 3.8) is 0 Å². The van der Waals surface area contributed by atoms with E-state index in [1.54, 1.807) is 30.3 Å². The number of carbonyl (C=O) groups excluding carboxylic acids is 2. The van der Waals surface area contributed by atoms with Gasteiger partial charge in [0, 0.05) is 5.69 Å². The van der Waals surface area contributed by atoms with Crippen LogP contribution in [0.5, 0.6) is 11.5 Å². The van der Waals surface area contributed by atoms with Crippen molar-refractivity contribution in [3.8, 4) is 11.5 Å². The Morgan fingerprint density at radius 1 is 0.931 bits per heavy atom. The number of hydrogen-bond acceptors (Lipinski definition) is 3. The first-order valence-electron chi connectivity index (χ1n) is 8.94. The summed E-state index contributed by atoms with van der Waals surface area (Å²) in [5.41, 5.74) is 6.25. The van der Waals surface area contributed by atoms with Crippen molar-refractivity contribution in [3.05, 3.63) is 90.2 Å². The zero-order chi connectivity index (χ0) is 20.6. The topological polar surface area (TPSA) is 93.5 Å². The van der Waals surface area contributed by atoms with Gasteiger partial charge in [-0.2, -0.15) is 0 Å². The zero-order valence-electron chi connectivity index (χ0n) is 15.5. The van der Waals surface area contributed by atoms with E-state index in [0.717, 1.165) is 0 Å². The molecular weight excluding hydrogens is 373 g/mol. The van der Waals surface area contributed by atoms with Gasteiger partial charge in [-0.05, 0) is 48.0 Å². The minimum absolute atomic E-state index is 0.0890. The molecule has 0 aliphatic carbocycles. The van der Waals surface area contributed by atoms with E-state index in [1.165, 1.54) is 18.2 Å². The highest BCUT2D eigenvalue weighted by Crippen LogP contribution is 2.26. The Bertz CT molecular complexity index is 995. The Kier molecular flexibility index (Phi) is 6.42. The van der Waals surface area contributed by atoms with Crippen LogP contribution in [0.4, 0.5) is 14.9 Å². The number of ether oxygens (including phenoxy) is 1. The van der Waals surface area contributed by atoms with E-state index in [9.17, 15) is 14.0 Å². The Labute approximate surface area is 167 Å². The quantitative estimate of drug-likeness (QED) is 0.557. The normalized spacial score (nSPS) is 11.3. The number of amides is 3. The number of rotatable bonds is 7. The lowest BCUT2D eigenvalue weighted by Gasteiger charge is -2.19. The van der Waals surface area contributed by atoms with Gasteiger partial charge in [0.2, 0.25) is 5.91 Å². The number of nitrogens with one attached hydrogen (secondary N) is 2. The first-order chi connectivity index (χ1) is 14.0. The largest absolute Gasteiger partial charge is 0.457 e. The first kappa shape index (κ1) is 19.9. The summed E-state index contributed by atoms with van der Waals surface area (Å²) in [7, 11) is 0. The molecular formula is C22H20FN3O3. The Balaban J connectivity index is 1.75. The van der Waals surface area contributed by atoms with Gasteiger partial charge >= 0.3 is 6.03 Å². The molecule has 6 nitrogen and oxygen atoms in total. The standard InChI is InChI=1S/C22H20FN3O3/c23-16-7-5-8-17(13-16)25-21(27)14-20(26-22(24)28)15-6-4-11-19(12-15)29-18-9-2-1-3-10-18/h1-13,20H,14H2,(H,25,27)(H3,24,26,28)/t20-/m0/s1. The lowest BCUT2D eigenvalue weighted by molar-refractivity contribution is -0.116. The molecule has 0 saturated carbocycles. The Morgan fingerprint density at radius 2 is 1.66 bits per heavy atom. The van der Waals surface area contributed by atoms with E-state index >= 15 is 0 Å². The summed E-state index contributed by atoms with van der Waals surface area (Å²) in [6, 6.07) is 20.4. The number of anilines is 1. The van der Waals surface area contributed by atoms with Crippen LogP contribution in [0.3, 0.4) is 0 Å². The fraction of sp³-hybridized carbons (Fsp3) is 0.0909. The van der Waals surface area contributed by atoms with E-state index in [0.29, 0.717) is 22.7 Å². The third kappa shape index (κ3) is 6.07. The van der Waals surface area contributed by atoms with Gasteiger partial charge in [0.15, 0.2) is 0 Å². The third-order valence-electron chi connectivity index (χ3n) is 4.05. The highest BCUT2D eigenvalue weighted by molar-refractivity contribution is 5.91. The number of nitrogens with two attached hydrogens (primary N) is 1. The number of urea groups is 1. The van der Waals surface area contributed by atoms with Crippen LogP contribution in [0.1, 0.15) is 18.0 Å². The van der Waals surface area contributed by atoms with Gasteiger partial charge in [0.25, 0.3) is 0 Å². The van der Waals surface area contributed by atoms with Crippen LogP contribution >= 0.6 is 0 Å². The number of benzene rings is 3. The fourth-order valence-electron chi connectivity index (χ4n) is 2.81. The van der Waals surface area contributed by atoms with Crippen molar-refractivity contribution in [2.45, 2.75) is 12.5 Å². The van der Waals surface area contributed by atoms with Gasteiger partial charge in [-0.3, -0.25) is 4.79 Å². The van der Waals surface area contributed by atoms with E-state index in [2.05, 4.69) is 10.6 Å². The molecule has 0 aliphatic rings. The zero-order valence-corrected chi connectivity index (χ0v) is 15.5. The summed E-state index contributed by atoms with van der Waals surface area (Å²) >= 11 is 0. The molecule has 3 amide bonds. The van der Waals surface area contributed by atoms with Crippen LogP contribution in [0, 0.1) is 5.82 Å². The molecule has 0 aromatic heterocycles. The maximum absolute atomic E-state index is 13.3. The van der Waals surface area contributed by atoms with Crippen LogP contribution in [-0.2, 0) is 4.79 Å². The second-order valence-corrected chi connectivity index (χ2v) is 6.31. The van der Waals surface area contributed by atoms with Crippen molar-refractivity contribution < 1.29 is 18.7 Å². The van der Waals surface area contributed by atoms with Crippen molar-refractivity contribution in [2.24, 2.45) is 5.73 Å². The number of halogens is 1. The molecule has 0 saturated heterocycles. The molecule has 3 aromatic rings. The highest BCUT2D eigenvalue weighted by Gasteiger charge is 2.18. The molecule has 3 rings (SSSR count). The molecule has 148 valence electrons. The summed E-state index contributed by atoms with van der Waals surface area (Å²) < 4.78 is 19.1. The lowest BCUT2D eigenvalue weighted by Crippen LogP contribution is -2.35. The molecule has 0 aliphatic heterocycles. The van der Waals surface area contributed by atoms with E-state index in [-0.39, 0.29) is 6.42 Å². The third-order valence-corrected chi connectivity index (χ3v) is 4.05. The SMILES string of the molecule is NC(=O)N[C@@H](CC(=O)Nc1cccc(F)c1)c1cccc(Oc2ccccc2)c1. The van der Waals surface area contributed by atoms with Gasteiger partial charge in [-0.25, -0.2) is 9.18 Å². The molecule has 0 spiro atoms. The second-order valence-electron chi connectivity index (χ2n) is 6.31. The van der Waals surface area contributed by atoms with Crippen LogP contribution in [-0.4, -0.2) is 11.9 Å². The van der Waals surface area contributed by atoms with Gasteiger partial charge < -0.3 is 21.1 Å². The van der Waals surface area contributed by atoms with Crippen LogP contribution < -0.4 is 21.1 Å². The van der Waals surface area contributed by atoms with Gasteiger partial charge in [0.1, 0.15) is 17.3 Å². The summed E-state index contributed by atoms with van der Waals surface area (Å²) in [5.74, 6) is 0.354. The molecule has 7 heteroatoms. The van der Waals surface area contributed by atoms with Crippen LogP contribution in [0.2, 0.25) is 0 Å². The molecule has 0 bridgehead atoms. The number of primary amides is 1. The first-order valence-corrected chi connectivity index (χ1v) is 8.94. The summed E-state index contributed by atoms with van der Waals surface area (Å²) in [4.78, 5) is 23.9. The maximum atomic E-state index is 13.3. The smallest absolute Gasteiger partial charge is 0.312 e. The summed E-state index contributed by atoms with van der Waals surface area (Å²) in [6.07, 6.45) is -0.0890. The number of hydrogen-bond donors (Lipinski definition) is 3. The molecule has 1 atom stereocenters. The predicted molar refractivity (Wildman–Crippen MR) is 108 cm³/mol. The minimum atomic E-state index is -0.761. The average Bonchev–Trinajstić information content (AvgIpc) is 2.68. The molecule has 3 aromatic carbocycles. The van der Waals surface area contributed by atoms with Crippen molar-refractivity contribution in [2.75, 3.05) is 5.32 Å². The fourth-order valence-corrected chi connectivity index (χ4v) is 2.81. The second kappa shape index (κ2) is 9.36. The molecule has 0 heterocycles. The molecule has 0 radical (unpaired) electrons. The number of para-hydroxylation sites is 1. The molecule has 29 heavy (non-hydrogen) atoms. The van der Waals surface area contributed by atoms with Crippen molar-refractivity contribution in [1.82, 2.24) is 5.32 Å². The monoisotopic (exact) mass is 393 g/mol. The highest BCUT2D eigenvalue weighted by atomic mass is 19.1. The van der Waals surface area contributed by atoms with E-state index in [4.69, 9.17) is 10.5 Å². The van der Waals surface area contributed by atoms with Crippen LogP contribution in [0.25, 0.3) is 0 Å². The van der Waals surface area contributed by atoms with Gasteiger partial charge in [-0.15, -0.1) is 0 Å². The Hall–Kier alpha value is -3.87. The summed E-state index contributed by atoms with van der Waals surface area (Å²) in [6.45, 7) is 0. The predicted octanol–water partition coefficient (Wildman–Crippen LogP) is 4.36. The van der Waals surface area contributed by atoms with E-state index in [1.807, 2.05) is 30.3 Å². The maximum Gasteiger partial charge on any atom is 0.312 e. The van der Waals surface area contributed by atoms with E-state index < -0.39 is 23.8 Å². The molecule has 0 fully saturated rings. The molecule has 4 N–H and O–H groups in total. The van der Waals surface area contributed by atoms with Crippen LogP contribution in [0.15, 0.2) is 78.9 Å². The van der Waals surface area contributed by atoms with Gasteiger partial charge in [-0.1, -0.05) is 36.4 Å². The lowest BCUT2D eigenvalue weighted by atomic mass is 10.0. The van der Waals surface area contributed by atoms with Crippen molar-refractivity contribution >= 4 is 17.6 Å². The Morgan fingerprint density at radius 3 is 2.38 bits per heavy atom.